The summed E-state index contributed by atoms with van der Waals surface area (Å²) in [6.07, 6.45) is 5.39. The minimum Gasteiger partial charge on any atom is -0.507 e. The third-order valence-electron chi connectivity index (χ3n) is 4.98. The Kier molecular flexibility index (Phi) is 5.77. The van der Waals surface area contributed by atoms with Crippen molar-refractivity contribution in [1.82, 2.24) is 4.90 Å². The molecule has 1 aliphatic heterocycles. The number of hydrogen-bond donors (Lipinski definition) is 1. The molecule has 4 rings (SSSR count). The molecular weight excluding hydrogens is 374 g/mol. The summed E-state index contributed by atoms with van der Waals surface area (Å²) in [6.45, 7) is 1.19. The standard InChI is InChI=1S/C26H23NO3/c1-27(17-20-11-6-3-7-12-20)18-22-23(28)16-15-21-25(29)24(30-26(21)22)14-8-13-19-9-4-2-5-10-19/h2-16,28H,17-18H2,1H3/b13-8+,24-14-. The van der Waals surface area contributed by atoms with Crippen LogP contribution in [0, 0.1) is 0 Å². The van der Waals surface area contributed by atoms with Crippen LogP contribution in [0.15, 0.2) is 90.7 Å². The number of nitrogens with zero attached hydrogens (tertiary/aromatic N) is 1. The van der Waals surface area contributed by atoms with Gasteiger partial charge in [-0.2, -0.15) is 0 Å². The summed E-state index contributed by atoms with van der Waals surface area (Å²) in [5.41, 5.74) is 3.32. The maximum absolute atomic E-state index is 12.8. The molecule has 0 bridgehead atoms. The smallest absolute Gasteiger partial charge is 0.231 e. The van der Waals surface area contributed by atoms with Crippen LogP contribution in [-0.4, -0.2) is 22.8 Å². The fourth-order valence-electron chi connectivity index (χ4n) is 3.50. The normalized spacial score (nSPS) is 14.5. The van der Waals surface area contributed by atoms with E-state index >= 15 is 0 Å². The number of aromatic hydroxyl groups is 1. The molecule has 0 spiro atoms. The Morgan fingerprint density at radius 1 is 0.933 bits per heavy atom. The van der Waals surface area contributed by atoms with Crippen LogP contribution in [0.4, 0.5) is 0 Å². The van der Waals surface area contributed by atoms with Crippen molar-refractivity contribution >= 4 is 11.9 Å². The zero-order valence-electron chi connectivity index (χ0n) is 16.8. The molecule has 0 fully saturated rings. The van der Waals surface area contributed by atoms with Crippen molar-refractivity contribution in [3.8, 4) is 11.5 Å². The number of fused-ring (bicyclic) bond motifs is 1. The molecule has 3 aromatic carbocycles. The largest absolute Gasteiger partial charge is 0.507 e. The molecule has 0 unspecified atom stereocenters. The number of allylic oxidation sites excluding steroid dienone is 3. The quantitative estimate of drug-likeness (QED) is 0.581. The number of Topliss-reactive ketones (excluding diaryl/α,β-unsaturated/α-hetero) is 1. The topological polar surface area (TPSA) is 49.8 Å². The van der Waals surface area contributed by atoms with Gasteiger partial charge in [-0.15, -0.1) is 0 Å². The Balaban J connectivity index is 1.53. The summed E-state index contributed by atoms with van der Waals surface area (Å²) in [5, 5.41) is 10.4. The number of phenols is 1. The monoisotopic (exact) mass is 397 g/mol. The average molecular weight is 397 g/mol. The van der Waals surface area contributed by atoms with Gasteiger partial charge in [-0.1, -0.05) is 72.8 Å². The lowest BCUT2D eigenvalue weighted by Crippen LogP contribution is -2.17. The van der Waals surface area contributed by atoms with E-state index in [4.69, 9.17) is 4.74 Å². The number of carbonyl (C=O) groups excluding carboxylic acids is 1. The van der Waals surface area contributed by atoms with Crippen molar-refractivity contribution < 1.29 is 14.6 Å². The van der Waals surface area contributed by atoms with Crippen molar-refractivity contribution in [2.75, 3.05) is 7.05 Å². The number of rotatable bonds is 6. The summed E-state index contributed by atoms with van der Waals surface area (Å²) in [4.78, 5) is 14.8. The van der Waals surface area contributed by atoms with Gasteiger partial charge >= 0.3 is 0 Å². The second-order valence-corrected chi connectivity index (χ2v) is 7.33. The van der Waals surface area contributed by atoms with E-state index in [-0.39, 0.29) is 17.3 Å². The van der Waals surface area contributed by atoms with Gasteiger partial charge in [-0.25, -0.2) is 0 Å². The minimum absolute atomic E-state index is 0.127. The molecule has 3 aromatic rings. The number of benzene rings is 3. The molecular formula is C26H23NO3. The number of ether oxygens (including phenoxy) is 1. The molecule has 0 saturated heterocycles. The number of hydrogen-bond acceptors (Lipinski definition) is 4. The van der Waals surface area contributed by atoms with E-state index in [1.807, 2.05) is 61.7 Å². The molecule has 0 radical (unpaired) electrons. The van der Waals surface area contributed by atoms with Crippen LogP contribution in [0.3, 0.4) is 0 Å². The first-order valence-corrected chi connectivity index (χ1v) is 9.85. The molecule has 0 amide bonds. The SMILES string of the molecule is CN(Cc1ccccc1)Cc1c(O)ccc2c1O/C(=C\C=C\c1ccccc1)C2=O. The zero-order chi connectivity index (χ0) is 20.9. The molecule has 150 valence electrons. The Morgan fingerprint density at radius 2 is 1.63 bits per heavy atom. The van der Waals surface area contributed by atoms with Crippen molar-refractivity contribution in [3.05, 3.63) is 113 Å². The lowest BCUT2D eigenvalue weighted by atomic mass is 10.0. The van der Waals surface area contributed by atoms with Gasteiger partial charge in [-0.3, -0.25) is 9.69 Å². The van der Waals surface area contributed by atoms with Crippen LogP contribution in [0.1, 0.15) is 27.0 Å². The third kappa shape index (κ3) is 4.34. The lowest BCUT2D eigenvalue weighted by molar-refractivity contribution is 0.101. The van der Waals surface area contributed by atoms with Crippen molar-refractivity contribution in [1.29, 1.82) is 0 Å². The Labute approximate surface area is 176 Å². The highest BCUT2D eigenvalue weighted by Gasteiger charge is 2.31. The number of ketones is 1. The first-order chi connectivity index (χ1) is 14.6. The third-order valence-corrected chi connectivity index (χ3v) is 4.98. The number of carbonyl (C=O) groups is 1. The summed E-state index contributed by atoms with van der Waals surface area (Å²) in [7, 11) is 1.97. The Hall–Kier alpha value is -3.63. The van der Waals surface area contributed by atoms with Crippen LogP contribution in [0.25, 0.3) is 6.08 Å². The minimum atomic E-state index is -0.172. The van der Waals surface area contributed by atoms with Gasteiger partial charge in [-0.05, 0) is 36.4 Å². The van der Waals surface area contributed by atoms with Gasteiger partial charge in [0.15, 0.2) is 5.76 Å². The maximum atomic E-state index is 12.8. The van der Waals surface area contributed by atoms with Crippen LogP contribution in [0.2, 0.25) is 0 Å². The molecule has 4 heteroatoms. The van der Waals surface area contributed by atoms with Crippen molar-refractivity contribution in [3.63, 3.8) is 0 Å². The molecule has 1 N–H and O–H groups in total. The highest BCUT2D eigenvalue weighted by molar-refractivity contribution is 6.12. The predicted molar refractivity (Wildman–Crippen MR) is 118 cm³/mol. The summed E-state index contributed by atoms with van der Waals surface area (Å²) in [6, 6.07) is 23.1. The fourth-order valence-corrected chi connectivity index (χ4v) is 3.50. The molecule has 30 heavy (non-hydrogen) atoms. The molecule has 4 nitrogen and oxygen atoms in total. The molecule has 1 aliphatic rings. The van der Waals surface area contributed by atoms with Gasteiger partial charge in [0.1, 0.15) is 11.5 Å². The molecule has 0 saturated carbocycles. The maximum Gasteiger partial charge on any atom is 0.231 e. The lowest BCUT2D eigenvalue weighted by Gasteiger charge is -2.19. The van der Waals surface area contributed by atoms with Crippen molar-refractivity contribution in [2.45, 2.75) is 13.1 Å². The van der Waals surface area contributed by atoms with E-state index in [1.165, 1.54) is 5.56 Å². The first-order valence-electron chi connectivity index (χ1n) is 9.85. The molecule has 1 heterocycles. The van der Waals surface area contributed by atoms with E-state index in [2.05, 4.69) is 17.0 Å². The van der Waals surface area contributed by atoms with Crippen LogP contribution in [0.5, 0.6) is 11.5 Å². The second kappa shape index (κ2) is 8.80. The van der Waals surface area contributed by atoms with E-state index in [0.29, 0.717) is 23.4 Å². The van der Waals surface area contributed by atoms with Gasteiger partial charge in [0.2, 0.25) is 5.78 Å². The highest BCUT2D eigenvalue weighted by atomic mass is 16.5. The first kappa shape index (κ1) is 19.7. The van der Waals surface area contributed by atoms with E-state index in [0.717, 1.165) is 12.1 Å². The average Bonchev–Trinajstić information content (AvgIpc) is 3.07. The number of phenolic OH excluding ortho intramolecular Hbond substituents is 1. The predicted octanol–water partition coefficient (Wildman–Crippen LogP) is 5.20. The summed E-state index contributed by atoms with van der Waals surface area (Å²) in [5.74, 6) is 0.659. The molecule has 0 atom stereocenters. The van der Waals surface area contributed by atoms with Crippen LogP contribution >= 0.6 is 0 Å². The Morgan fingerprint density at radius 3 is 2.37 bits per heavy atom. The van der Waals surface area contributed by atoms with Gasteiger partial charge < -0.3 is 9.84 Å². The van der Waals surface area contributed by atoms with Crippen LogP contribution in [-0.2, 0) is 13.1 Å². The fraction of sp³-hybridized carbons (Fsp3) is 0.115. The highest BCUT2D eigenvalue weighted by Crippen LogP contribution is 2.39. The van der Waals surface area contributed by atoms with Crippen molar-refractivity contribution in [2.24, 2.45) is 0 Å². The second-order valence-electron chi connectivity index (χ2n) is 7.33. The van der Waals surface area contributed by atoms with E-state index < -0.39 is 0 Å². The summed E-state index contributed by atoms with van der Waals surface area (Å²) >= 11 is 0. The van der Waals surface area contributed by atoms with E-state index in [1.54, 1.807) is 24.3 Å². The summed E-state index contributed by atoms with van der Waals surface area (Å²) < 4.78 is 5.89. The van der Waals surface area contributed by atoms with Gasteiger partial charge in [0, 0.05) is 13.1 Å². The van der Waals surface area contributed by atoms with Gasteiger partial charge in [0.25, 0.3) is 0 Å². The Bertz CT molecular complexity index is 1100. The van der Waals surface area contributed by atoms with E-state index in [9.17, 15) is 9.90 Å². The molecule has 0 aliphatic carbocycles. The van der Waals surface area contributed by atoms with Crippen LogP contribution < -0.4 is 4.74 Å². The molecule has 0 aromatic heterocycles. The van der Waals surface area contributed by atoms with Gasteiger partial charge in [0.05, 0.1) is 11.1 Å². The zero-order valence-corrected chi connectivity index (χ0v) is 16.8.